The van der Waals surface area contributed by atoms with E-state index in [9.17, 15) is 9.59 Å². The maximum Gasteiger partial charge on any atom is 0.269 e. The van der Waals surface area contributed by atoms with Gasteiger partial charge in [-0.1, -0.05) is 19.0 Å². The molecule has 0 saturated carbocycles. The molecule has 134 valence electrons. The molecule has 8 nitrogen and oxygen atoms in total. The average Bonchev–Trinajstić information content (AvgIpc) is 3.21. The lowest BCUT2D eigenvalue weighted by Gasteiger charge is -2.32. The number of carbonyl (C=O) groups excluding carboxylic acids is 2. The number of piperidine rings is 1. The van der Waals surface area contributed by atoms with Gasteiger partial charge in [0.25, 0.3) is 11.8 Å². The number of H-pyrrole nitrogens is 1. The van der Waals surface area contributed by atoms with Crippen molar-refractivity contribution in [2.45, 2.75) is 45.4 Å². The predicted octanol–water partition coefficient (Wildman–Crippen LogP) is 1.95. The molecule has 1 fully saturated rings. The minimum Gasteiger partial charge on any atom is -0.364 e. The summed E-state index contributed by atoms with van der Waals surface area (Å²) in [6.45, 7) is 6.99. The minimum atomic E-state index is -0.562. The molecule has 1 unspecified atom stereocenters. The van der Waals surface area contributed by atoms with Gasteiger partial charge in [0, 0.05) is 30.6 Å². The summed E-state index contributed by atoms with van der Waals surface area (Å²) in [6, 6.07) is 1.67. The molecule has 2 aromatic heterocycles. The van der Waals surface area contributed by atoms with Crippen LogP contribution in [-0.2, 0) is 0 Å². The van der Waals surface area contributed by atoms with Gasteiger partial charge in [0.05, 0.1) is 5.69 Å². The molecule has 1 aliphatic heterocycles. The van der Waals surface area contributed by atoms with E-state index in [1.165, 1.54) is 0 Å². The monoisotopic (exact) mass is 345 g/mol. The Bertz CT molecular complexity index is 792. The van der Waals surface area contributed by atoms with E-state index in [-0.39, 0.29) is 23.4 Å². The molecule has 0 bridgehead atoms. The van der Waals surface area contributed by atoms with Gasteiger partial charge in [0.15, 0.2) is 5.76 Å². The molecule has 2 aromatic rings. The van der Waals surface area contributed by atoms with Crippen molar-refractivity contribution in [1.82, 2.24) is 20.3 Å². The van der Waals surface area contributed by atoms with Gasteiger partial charge in [-0.25, -0.2) is 0 Å². The van der Waals surface area contributed by atoms with Gasteiger partial charge in [-0.2, -0.15) is 5.10 Å². The summed E-state index contributed by atoms with van der Waals surface area (Å²) in [5.41, 5.74) is 7.49. The summed E-state index contributed by atoms with van der Waals surface area (Å²) >= 11 is 0. The van der Waals surface area contributed by atoms with Crippen molar-refractivity contribution in [3.05, 3.63) is 34.5 Å². The zero-order valence-electron chi connectivity index (χ0n) is 14.7. The zero-order valence-corrected chi connectivity index (χ0v) is 14.7. The molecule has 2 amide bonds. The first-order valence-electron chi connectivity index (χ1n) is 8.49. The van der Waals surface area contributed by atoms with E-state index in [1.54, 1.807) is 13.0 Å². The Morgan fingerprint density at radius 3 is 2.84 bits per heavy atom. The second-order valence-electron chi connectivity index (χ2n) is 6.83. The Morgan fingerprint density at radius 1 is 1.44 bits per heavy atom. The van der Waals surface area contributed by atoms with Crippen LogP contribution in [0.15, 0.2) is 10.6 Å². The zero-order chi connectivity index (χ0) is 18.1. The number of nitrogens with zero attached hydrogens (tertiary/aromatic N) is 3. The number of hydrogen-bond acceptors (Lipinski definition) is 5. The molecular weight excluding hydrogens is 322 g/mol. The minimum absolute atomic E-state index is 0.0539. The first-order chi connectivity index (χ1) is 11.9. The van der Waals surface area contributed by atoms with Crippen molar-refractivity contribution in [3.63, 3.8) is 0 Å². The third kappa shape index (κ3) is 3.29. The van der Waals surface area contributed by atoms with Gasteiger partial charge >= 0.3 is 0 Å². The largest absolute Gasteiger partial charge is 0.364 e. The van der Waals surface area contributed by atoms with Crippen LogP contribution in [0.2, 0.25) is 0 Å². The summed E-state index contributed by atoms with van der Waals surface area (Å²) in [7, 11) is 0. The lowest BCUT2D eigenvalue weighted by molar-refractivity contribution is 0.0702. The summed E-state index contributed by atoms with van der Waals surface area (Å²) in [6.07, 6.45) is 1.80. The highest BCUT2D eigenvalue weighted by Crippen LogP contribution is 2.29. The van der Waals surface area contributed by atoms with Crippen LogP contribution in [0.3, 0.4) is 0 Å². The number of nitrogens with one attached hydrogen (secondary N) is 1. The lowest BCUT2D eigenvalue weighted by atomic mass is 9.93. The molecule has 0 radical (unpaired) electrons. The molecule has 0 spiro atoms. The molecule has 0 aromatic carbocycles. The number of aryl methyl sites for hydroxylation is 1. The van der Waals surface area contributed by atoms with Crippen molar-refractivity contribution in [2.24, 2.45) is 5.73 Å². The van der Waals surface area contributed by atoms with Crippen LogP contribution in [0.5, 0.6) is 0 Å². The summed E-state index contributed by atoms with van der Waals surface area (Å²) in [5, 5.41) is 10.8. The van der Waals surface area contributed by atoms with Crippen molar-refractivity contribution in [2.75, 3.05) is 13.1 Å². The van der Waals surface area contributed by atoms with E-state index >= 15 is 0 Å². The Morgan fingerprint density at radius 2 is 2.20 bits per heavy atom. The fourth-order valence-corrected chi connectivity index (χ4v) is 3.29. The van der Waals surface area contributed by atoms with Crippen LogP contribution in [-0.4, -0.2) is 45.2 Å². The van der Waals surface area contributed by atoms with E-state index < -0.39 is 5.91 Å². The fraction of sp³-hybridized carbons (Fsp3) is 0.529. The second kappa shape index (κ2) is 6.70. The number of rotatable bonds is 4. The maximum absolute atomic E-state index is 13.0. The average molecular weight is 345 g/mol. The Hall–Kier alpha value is -2.64. The Labute approximate surface area is 145 Å². The predicted molar refractivity (Wildman–Crippen MR) is 90.3 cm³/mol. The second-order valence-corrected chi connectivity index (χ2v) is 6.83. The van der Waals surface area contributed by atoms with Crippen LogP contribution >= 0.6 is 0 Å². The van der Waals surface area contributed by atoms with Crippen molar-refractivity contribution in [3.8, 4) is 0 Å². The molecule has 3 N–H and O–H groups in total. The van der Waals surface area contributed by atoms with Gasteiger partial charge < -0.3 is 15.2 Å². The summed E-state index contributed by atoms with van der Waals surface area (Å²) in [4.78, 5) is 26.1. The van der Waals surface area contributed by atoms with Gasteiger partial charge in [0.2, 0.25) is 0 Å². The molecule has 25 heavy (non-hydrogen) atoms. The van der Waals surface area contributed by atoms with Crippen LogP contribution < -0.4 is 5.73 Å². The maximum atomic E-state index is 13.0. The lowest BCUT2D eigenvalue weighted by Crippen LogP contribution is -2.39. The standard InChI is InChI=1S/C17H23N5O3/c1-9(2)15-14(10(3)21-25-15)17(24)22-6-4-5-11(8-22)12-7-13(16(18)23)20-19-12/h7,9,11H,4-6,8H2,1-3H3,(H2,18,23)(H,19,20). The van der Waals surface area contributed by atoms with E-state index in [0.29, 0.717) is 30.1 Å². The van der Waals surface area contributed by atoms with E-state index in [1.807, 2.05) is 18.7 Å². The van der Waals surface area contributed by atoms with E-state index in [0.717, 1.165) is 18.5 Å². The molecule has 3 rings (SSSR count). The van der Waals surface area contributed by atoms with Crippen LogP contribution in [0.25, 0.3) is 0 Å². The number of primary amides is 1. The van der Waals surface area contributed by atoms with Crippen LogP contribution in [0.4, 0.5) is 0 Å². The first-order valence-corrected chi connectivity index (χ1v) is 8.49. The SMILES string of the molecule is Cc1noc(C(C)C)c1C(=O)N1CCCC(c2cc(C(N)=O)n[nH]2)C1. The number of carbonyl (C=O) groups is 2. The molecule has 3 heterocycles. The van der Waals surface area contributed by atoms with Crippen LogP contribution in [0.1, 0.15) is 76.5 Å². The van der Waals surface area contributed by atoms with E-state index in [2.05, 4.69) is 15.4 Å². The number of amides is 2. The van der Waals surface area contributed by atoms with Gasteiger partial charge in [0.1, 0.15) is 11.3 Å². The fourth-order valence-electron chi connectivity index (χ4n) is 3.29. The number of likely N-dealkylation sites (tertiary alicyclic amines) is 1. The highest BCUT2D eigenvalue weighted by molar-refractivity contribution is 5.96. The highest BCUT2D eigenvalue weighted by atomic mass is 16.5. The quantitative estimate of drug-likeness (QED) is 0.878. The number of hydrogen-bond donors (Lipinski definition) is 2. The number of aromatic amines is 1. The molecule has 0 aliphatic carbocycles. The van der Waals surface area contributed by atoms with Crippen molar-refractivity contribution >= 4 is 11.8 Å². The van der Waals surface area contributed by atoms with E-state index in [4.69, 9.17) is 10.3 Å². The first kappa shape index (κ1) is 17.2. The highest BCUT2D eigenvalue weighted by Gasteiger charge is 2.31. The third-order valence-corrected chi connectivity index (χ3v) is 4.63. The number of nitrogens with two attached hydrogens (primary N) is 1. The molecule has 1 atom stereocenters. The Kier molecular flexibility index (Phi) is 4.61. The molecule has 8 heteroatoms. The molecular formula is C17H23N5O3. The summed E-state index contributed by atoms with van der Waals surface area (Å²) < 4.78 is 5.34. The van der Waals surface area contributed by atoms with Gasteiger partial charge in [-0.15, -0.1) is 0 Å². The Balaban J connectivity index is 1.80. The normalized spacial score (nSPS) is 17.9. The van der Waals surface area contributed by atoms with Crippen LogP contribution in [0, 0.1) is 6.92 Å². The summed E-state index contributed by atoms with van der Waals surface area (Å²) in [5.74, 6) is 0.198. The smallest absolute Gasteiger partial charge is 0.269 e. The topological polar surface area (TPSA) is 118 Å². The van der Waals surface area contributed by atoms with Gasteiger partial charge in [-0.3, -0.25) is 14.7 Å². The van der Waals surface area contributed by atoms with Crippen molar-refractivity contribution < 1.29 is 14.1 Å². The van der Waals surface area contributed by atoms with Gasteiger partial charge in [-0.05, 0) is 25.8 Å². The molecule has 1 saturated heterocycles. The van der Waals surface area contributed by atoms with Crippen molar-refractivity contribution in [1.29, 1.82) is 0 Å². The number of aromatic nitrogens is 3. The third-order valence-electron chi connectivity index (χ3n) is 4.63. The molecule has 1 aliphatic rings.